The molecule has 100 valence electrons. The molecule has 2 aromatic rings. The molecule has 2 nitrogen and oxygen atoms in total. The van der Waals surface area contributed by atoms with Gasteiger partial charge in [-0.2, -0.15) is 0 Å². The first-order valence-electron chi connectivity index (χ1n) is 5.90. The van der Waals surface area contributed by atoms with E-state index in [4.69, 9.17) is 23.8 Å². The summed E-state index contributed by atoms with van der Waals surface area (Å²) >= 11 is 10.9. The van der Waals surface area contributed by atoms with Gasteiger partial charge in [-0.15, -0.1) is 0 Å². The second kappa shape index (κ2) is 4.42. The highest BCUT2D eigenvalue weighted by Crippen LogP contribution is 2.36. The lowest BCUT2D eigenvalue weighted by atomic mass is 9.95. The molecule has 1 aliphatic rings. The molecule has 0 fully saturated rings. The summed E-state index contributed by atoms with van der Waals surface area (Å²) in [5.41, 5.74) is 2.02. The topological polar surface area (TPSA) is 20.7 Å². The van der Waals surface area contributed by atoms with Gasteiger partial charge in [0.05, 0.1) is 5.02 Å². The SMILES string of the molecule is Cc1[nH]c(=S)n2c1C[C@H](c1c(F)ccc(Cl)c1F)C2. The lowest BCUT2D eigenvalue weighted by molar-refractivity contribution is 0.513. The maximum Gasteiger partial charge on any atom is 0.177 e. The van der Waals surface area contributed by atoms with Gasteiger partial charge in [-0.3, -0.25) is 0 Å². The van der Waals surface area contributed by atoms with Crippen LogP contribution in [-0.2, 0) is 13.0 Å². The number of H-pyrrole nitrogens is 1. The van der Waals surface area contributed by atoms with Crippen LogP contribution in [0.15, 0.2) is 12.1 Å². The van der Waals surface area contributed by atoms with Crippen molar-refractivity contribution in [3.8, 4) is 0 Å². The Morgan fingerprint density at radius 3 is 2.84 bits per heavy atom. The highest BCUT2D eigenvalue weighted by atomic mass is 35.5. The number of hydrogen-bond donors (Lipinski definition) is 1. The zero-order chi connectivity index (χ0) is 13.7. The van der Waals surface area contributed by atoms with E-state index in [1.807, 2.05) is 11.5 Å². The van der Waals surface area contributed by atoms with Crippen LogP contribution in [0.1, 0.15) is 22.9 Å². The van der Waals surface area contributed by atoms with Crippen LogP contribution in [0.5, 0.6) is 0 Å². The van der Waals surface area contributed by atoms with Crippen LogP contribution in [-0.4, -0.2) is 9.55 Å². The molecule has 1 aromatic carbocycles. The summed E-state index contributed by atoms with van der Waals surface area (Å²) in [5.74, 6) is -1.47. The summed E-state index contributed by atoms with van der Waals surface area (Å²) < 4.78 is 30.4. The van der Waals surface area contributed by atoms with Crippen LogP contribution >= 0.6 is 23.8 Å². The van der Waals surface area contributed by atoms with E-state index in [1.165, 1.54) is 12.1 Å². The van der Waals surface area contributed by atoms with E-state index in [-0.39, 0.29) is 16.5 Å². The molecule has 0 unspecified atom stereocenters. The van der Waals surface area contributed by atoms with Crippen molar-refractivity contribution in [1.82, 2.24) is 9.55 Å². The number of fused-ring (bicyclic) bond motifs is 1. The molecule has 19 heavy (non-hydrogen) atoms. The Kier molecular flexibility index (Phi) is 2.98. The molecule has 1 aliphatic heterocycles. The monoisotopic (exact) mass is 300 g/mol. The Balaban J connectivity index is 2.06. The van der Waals surface area contributed by atoms with Gasteiger partial charge in [0.25, 0.3) is 0 Å². The van der Waals surface area contributed by atoms with Crippen molar-refractivity contribution in [2.45, 2.75) is 25.8 Å². The average molecular weight is 301 g/mol. The maximum absolute atomic E-state index is 14.0. The van der Waals surface area contributed by atoms with Crippen molar-refractivity contribution >= 4 is 23.8 Å². The number of benzene rings is 1. The summed E-state index contributed by atoms with van der Waals surface area (Å²) in [6.45, 7) is 2.39. The zero-order valence-corrected chi connectivity index (χ0v) is 11.7. The van der Waals surface area contributed by atoms with E-state index in [0.717, 1.165) is 11.4 Å². The summed E-state index contributed by atoms with van der Waals surface area (Å²) in [6.07, 6.45) is 0.563. The molecule has 0 saturated carbocycles. The Morgan fingerprint density at radius 2 is 2.16 bits per heavy atom. The van der Waals surface area contributed by atoms with Crippen LogP contribution < -0.4 is 0 Å². The van der Waals surface area contributed by atoms with E-state index >= 15 is 0 Å². The third kappa shape index (κ3) is 1.92. The van der Waals surface area contributed by atoms with Gasteiger partial charge in [-0.1, -0.05) is 11.6 Å². The summed E-state index contributed by atoms with van der Waals surface area (Å²) in [6, 6.07) is 2.45. The molecule has 0 saturated heterocycles. The fraction of sp³-hybridized carbons (Fsp3) is 0.308. The molecule has 0 amide bonds. The average Bonchev–Trinajstić information content (AvgIpc) is 2.88. The molecular weight excluding hydrogens is 290 g/mol. The summed E-state index contributed by atoms with van der Waals surface area (Å²) in [7, 11) is 0. The minimum atomic E-state index is -0.662. The third-order valence-electron chi connectivity index (χ3n) is 3.63. The number of aromatic nitrogens is 2. The van der Waals surface area contributed by atoms with Crippen molar-refractivity contribution < 1.29 is 8.78 Å². The fourth-order valence-corrected chi connectivity index (χ4v) is 3.21. The van der Waals surface area contributed by atoms with E-state index < -0.39 is 11.6 Å². The number of halogens is 3. The molecular formula is C13H11ClF2N2S. The summed E-state index contributed by atoms with van der Waals surface area (Å²) in [5, 5.41) is -0.0464. The summed E-state index contributed by atoms with van der Waals surface area (Å²) in [4.78, 5) is 3.05. The van der Waals surface area contributed by atoms with E-state index in [2.05, 4.69) is 4.98 Å². The van der Waals surface area contributed by atoms with Gasteiger partial charge in [0.15, 0.2) is 4.77 Å². The molecule has 0 aliphatic carbocycles. The first-order chi connectivity index (χ1) is 8.99. The lowest BCUT2D eigenvalue weighted by Crippen LogP contribution is -2.07. The van der Waals surface area contributed by atoms with Crippen LogP contribution in [0.25, 0.3) is 0 Å². The first kappa shape index (κ1) is 12.8. The van der Waals surface area contributed by atoms with Gasteiger partial charge in [-0.05, 0) is 37.7 Å². The predicted molar refractivity (Wildman–Crippen MR) is 72.2 cm³/mol. The van der Waals surface area contributed by atoms with Crippen LogP contribution in [0, 0.1) is 23.3 Å². The molecule has 1 aromatic heterocycles. The normalized spacial score (nSPS) is 17.8. The van der Waals surface area contributed by atoms with Crippen LogP contribution in [0.2, 0.25) is 5.02 Å². The van der Waals surface area contributed by atoms with Gasteiger partial charge in [0.2, 0.25) is 0 Å². The number of nitrogens with zero attached hydrogens (tertiary/aromatic N) is 1. The van der Waals surface area contributed by atoms with Gasteiger partial charge < -0.3 is 9.55 Å². The third-order valence-corrected chi connectivity index (χ3v) is 4.24. The Bertz CT molecular complexity index is 720. The minimum absolute atomic E-state index is 0.0464. The van der Waals surface area contributed by atoms with Gasteiger partial charge >= 0.3 is 0 Å². The van der Waals surface area contributed by atoms with Crippen molar-refractivity contribution in [1.29, 1.82) is 0 Å². The van der Waals surface area contributed by atoms with Crippen LogP contribution in [0.4, 0.5) is 8.78 Å². The van der Waals surface area contributed by atoms with E-state index in [1.54, 1.807) is 0 Å². The van der Waals surface area contributed by atoms with Gasteiger partial charge in [0.1, 0.15) is 11.6 Å². The Labute approximate surface area is 119 Å². The Morgan fingerprint density at radius 1 is 1.42 bits per heavy atom. The van der Waals surface area contributed by atoms with Crippen molar-refractivity contribution in [3.05, 3.63) is 50.5 Å². The molecule has 0 radical (unpaired) electrons. The number of hydrogen-bond acceptors (Lipinski definition) is 1. The molecule has 2 heterocycles. The van der Waals surface area contributed by atoms with E-state index in [9.17, 15) is 8.78 Å². The highest BCUT2D eigenvalue weighted by Gasteiger charge is 2.30. The van der Waals surface area contributed by atoms with Crippen molar-refractivity contribution in [2.24, 2.45) is 0 Å². The highest BCUT2D eigenvalue weighted by molar-refractivity contribution is 7.71. The minimum Gasteiger partial charge on any atom is -0.335 e. The molecule has 0 spiro atoms. The van der Waals surface area contributed by atoms with Gasteiger partial charge in [-0.25, -0.2) is 8.78 Å². The molecule has 3 rings (SSSR count). The number of aryl methyl sites for hydroxylation is 1. The maximum atomic E-state index is 14.0. The lowest BCUT2D eigenvalue weighted by Gasteiger charge is -2.12. The number of imidazole rings is 1. The molecule has 0 bridgehead atoms. The first-order valence-corrected chi connectivity index (χ1v) is 6.69. The van der Waals surface area contributed by atoms with Gasteiger partial charge in [0, 0.05) is 29.4 Å². The fourth-order valence-electron chi connectivity index (χ4n) is 2.71. The van der Waals surface area contributed by atoms with Crippen molar-refractivity contribution in [2.75, 3.05) is 0 Å². The smallest absolute Gasteiger partial charge is 0.177 e. The predicted octanol–water partition coefficient (Wildman–Crippen LogP) is 4.13. The molecule has 6 heteroatoms. The number of rotatable bonds is 1. The van der Waals surface area contributed by atoms with Crippen molar-refractivity contribution in [3.63, 3.8) is 0 Å². The molecule has 1 N–H and O–H groups in total. The second-order valence-corrected chi connectivity index (χ2v) is 5.56. The largest absolute Gasteiger partial charge is 0.335 e. The van der Waals surface area contributed by atoms with Crippen LogP contribution in [0.3, 0.4) is 0 Å². The standard InChI is InChI=1S/C13H11ClF2N2S/c1-6-10-4-7(5-18(10)13(19)17-6)11-9(15)3-2-8(14)12(11)16/h2-3,7H,4-5H2,1H3,(H,17,19)/t7-/m0/s1. The number of aromatic amines is 1. The zero-order valence-electron chi connectivity index (χ0n) is 10.1. The quantitative estimate of drug-likeness (QED) is 0.620. The Hall–Kier alpha value is -1.20. The second-order valence-electron chi connectivity index (χ2n) is 4.77. The molecule has 1 atom stereocenters. The number of nitrogens with one attached hydrogen (secondary N) is 1. The van der Waals surface area contributed by atoms with E-state index in [0.29, 0.717) is 17.7 Å².